The maximum absolute atomic E-state index is 7.68. The Morgan fingerprint density at radius 3 is 3.08 bits per heavy atom. The van der Waals surface area contributed by atoms with Gasteiger partial charge in [0, 0.05) is 12.3 Å². The van der Waals surface area contributed by atoms with Crippen molar-refractivity contribution >= 4 is 15.9 Å². The zero-order valence-electron chi connectivity index (χ0n) is 10.7. The molecule has 0 atom stereocenters. The first-order chi connectivity index (χ1) is 7.93. The Morgan fingerprint density at radius 2 is 2.33 bits per heavy atom. The highest BCUT2D eigenvalue weighted by Crippen LogP contribution is 2.06. The van der Waals surface area contributed by atoms with Crippen LogP contribution in [0.15, 0.2) is 35.3 Å². The van der Waals surface area contributed by atoms with Crippen molar-refractivity contribution < 1.29 is 6.85 Å². The summed E-state index contributed by atoms with van der Waals surface area (Å²) in [5.41, 5.74) is 0. The Bertz CT molecular complexity index is 598. The standard InChI is InChI=1S/C7H5BrN4/c8-6-1-2-7(11-10-6)12-4-3-9-5-12/h1-5H/i1D,2D,3D,4D,5D. The van der Waals surface area contributed by atoms with Crippen molar-refractivity contribution in [3.05, 3.63) is 35.3 Å². The molecule has 0 aliphatic heterocycles. The molecule has 2 aromatic heterocycles. The topological polar surface area (TPSA) is 43.6 Å². The molecule has 2 aromatic rings. The second-order valence-corrected chi connectivity index (χ2v) is 2.59. The summed E-state index contributed by atoms with van der Waals surface area (Å²) in [4.78, 5) is 3.46. The highest BCUT2D eigenvalue weighted by Gasteiger charge is 1.96. The van der Waals surface area contributed by atoms with Crippen LogP contribution in [0, 0.1) is 0 Å². The van der Waals surface area contributed by atoms with Crippen LogP contribution >= 0.6 is 15.9 Å². The average Bonchev–Trinajstić information content (AvgIpc) is 2.52. The average molecular weight is 230 g/mol. The summed E-state index contributed by atoms with van der Waals surface area (Å²) in [6.45, 7) is 0. The molecule has 0 bridgehead atoms. The highest BCUT2D eigenvalue weighted by molar-refractivity contribution is 9.10. The molecular weight excluding hydrogens is 220 g/mol. The van der Waals surface area contributed by atoms with E-state index in [2.05, 4.69) is 31.1 Å². The van der Waals surface area contributed by atoms with Crippen molar-refractivity contribution in [1.82, 2.24) is 19.7 Å². The number of halogens is 1. The molecular formula is C7H5BrN4. The van der Waals surface area contributed by atoms with Crippen molar-refractivity contribution in [2.45, 2.75) is 0 Å². The van der Waals surface area contributed by atoms with Gasteiger partial charge in [-0.25, -0.2) is 4.98 Å². The molecule has 0 saturated heterocycles. The number of hydrogen-bond acceptors (Lipinski definition) is 3. The molecule has 2 heterocycles. The van der Waals surface area contributed by atoms with Gasteiger partial charge in [0.1, 0.15) is 12.3 Å². The third kappa shape index (κ3) is 1.35. The summed E-state index contributed by atoms with van der Waals surface area (Å²) in [6, 6.07) is -0.486. The molecule has 0 N–H and O–H groups in total. The maximum Gasteiger partial charge on any atom is 0.160 e. The lowest BCUT2D eigenvalue weighted by molar-refractivity contribution is 0.900. The Balaban J connectivity index is 2.73. The number of nitrogens with zero attached hydrogens (tertiary/aromatic N) is 4. The van der Waals surface area contributed by atoms with Gasteiger partial charge in [-0.05, 0) is 28.0 Å². The molecule has 0 radical (unpaired) electrons. The van der Waals surface area contributed by atoms with E-state index in [1.54, 1.807) is 0 Å². The van der Waals surface area contributed by atoms with Gasteiger partial charge in [-0.3, -0.25) is 4.57 Å². The van der Waals surface area contributed by atoms with Gasteiger partial charge in [0.05, 0.1) is 5.48 Å². The second kappa shape index (κ2) is 3.02. The molecule has 12 heavy (non-hydrogen) atoms. The first-order valence-corrected chi connectivity index (χ1v) is 3.75. The van der Waals surface area contributed by atoms with Crippen molar-refractivity contribution in [3.63, 3.8) is 0 Å². The van der Waals surface area contributed by atoms with E-state index in [0.29, 0.717) is 0 Å². The fourth-order valence-electron chi connectivity index (χ4n) is 0.625. The Labute approximate surface area is 84.4 Å². The first kappa shape index (κ1) is 3.66. The zero-order valence-corrected chi connectivity index (χ0v) is 7.25. The molecule has 60 valence electrons. The minimum atomic E-state index is -0.385. The summed E-state index contributed by atoms with van der Waals surface area (Å²) in [5, 5.41) is 7.23. The van der Waals surface area contributed by atoms with Crippen LogP contribution in [0.25, 0.3) is 5.82 Å². The van der Waals surface area contributed by atoms with Gasteiger partial charge >= 0.3 is 0 Å². The minimum absolute atomic E-state index is 0.107. The van der Waals surface area contributed by atoms with Crippen LogP contribution in [0.5, 0.6) is 0 Å². The minimum Gasteiger partial charge on any atom is -0.289 e. The lowest BCUT2D eigenvalue weighted by Crippen LogP contribution is -1.95. The van der Waals surface area contributed by atoms with E-state index in [0.717, 1.165) is 4.57 Å². The fraction of sp³-hybridized carbons (Fsp3) is 0. The van der Waals surface area contributed by atoms with Crippen LogP contribution < -0.4 is 0 Å². The van der Waals surface area contributed by atoms with E-state index in [9.17, 15) is 0 Å². The van der Waals surface area contributed by atoms with Crippen molar-refractivity contribution in [1.29, 1.82) is 0 Å². The third-order valence-electron chi connectivity index (χ3n) is 1.09. The lowest BCUT2D eigenvalue weighted by Gasteiger charge is -1.97. The van der Waals surface area contributed by atoms with E-state index < -0.39 is 0 Å². The molecule has 0 spiro atoms. The normalized spacial score (nSPS) is 15.9. The molecule has 5 heteroatoms. The first-order valence-electron chi connectivity index (χ1n) is 5.45. The lowest BCUT2D eigenvalue weighted by atomic mass is 10.5. The van der Waals surface area contributed by atoms with Gasteiger partial charge in [-0.1, -0.05) is 0 Å². The van der Waals surface area contributed by atoms with E-state index in [-0.39, 0.29) is 41.2 Å². The summed E-state index contributed by atoms with van der Waals surface area (Å²) >= 11 is 2.96. The van der Waals surface area contributed by atoms with Crippen LogP contribution in [0.3, 0.4) is 0 Å². The Hall–Kier alpha value is -1.23. The fourth-order valence-corrected chi connectivity index (χ4v) is 0.803. The summed E-state index contributed by atoms with van der Waals surface area (Å²) in [5.74, 6) is -0.154. The number of aromatic nitrogens is 4. The molecule has 0 unspecified atom stereocenters. The quantitative estimate of drug-likeness (QED) is 0.744. The summed E-state index contributed by atoms with van der Waals surface area (Å²) in [7, 11) is 0. The van der Waals surface area contributed by atoms with Gasteiger partial charge in [-0.2, -0.15) is 0 Å². The van der Waals surface area contributed by atoms with Crippen molar-refractivity contribution in [3.8, 4) is 5.82 Å². The van der Waals surface area contributed by atoms with E-state index in [1.807, 2.05) is 0 Å². The molecule has 0 fully saturated rings. The van der Waals surface area contributed by atoms with Crippen LogP contribution in [-0.2, 0) is 0 Å². The van der Waals surface area contributed by atoms with Gasteiger partial charge in [0.15, 0.2) is 5.82 Å². The summed E-state index contributed by atoms with van der Waals surface area (Å²) in [6.07, 6.45) is -1.13. The largest absolute Gasteiger partial charge is 0.289 e. The molecule has 2 rings (SSSR count). The summed E-state index contributed by atoms with van der Waals surface area (Å²) < 4.78 is 38.5. The molecule has 4 nitrogen and oxygen atoms in total. The predicted octanol–water partition coefficient (Wildman–Crippen LogP) is 1.42. The number of imidazole rings is 1. The van der Waals surface area contributed by atoms with Gasteiger partial charge in [-0.15, -0.1) is 10.2 Å². The molecule has 0 aliphatic rings. The second-order valence-electron chi connectivity index (χ2n) is 1.84. The smallest absolute Gasteiger partial charge is 0.160 e. The van der Waals surface area contributed by atoms with Crippen LogP contribution in [0.4, 0.5) is 0 Å². The third-order valence-corrected chi connectivity index (χ3v) is 1.45. The van der Waals surface area contributed by atoms with Crippen LogP contribution in [0.1, 0.15) is 6.85 Å². The maximum atomic E-state index is 7.68. The van der Waals surface area contributed by atoms with Gasteiger partial charge in [0.25, 0.3) is 0 Å². The molecule has 0 aromatic carbocycles. The van der Waals surface area contributed by atoms with E-state index >= 15 is 0 Å². The van der Waals surface area contributed by atoms with E-state index in [1.165, 1.54) is 0 Å². The Morgan fingerprint density at radius 1 is 1.42 bits per heavy atom. The van der Waals surface area contributed by atoms with Crippen LogP contribution in [0.2, 0.25) is 0 Å². The molecule has 0 saturated carbocycles. The van der Waals surface area contributed by atoms with Crippen molar-refractivity contribution in [2.24, 2.45) is 0 Å². The monoisotopic (exact) mass is 229 g/mol. The van der Waals surface area contributed by atoms with Crippen LogP contribution in [-0.4, -0.2) is 19.7 Å². The van der Waals surface area contributed by atoms with E-state index in [4.69, 9.17) is 6.85 Å². The highest BCUT2D eigenvalue weighted by atomic mass is 79.9. The van der Waals surface area contributed by atoms with Gasteiger partial charge in [0.2, 0.25) is 0 Å². The SMILES string of the molecule is [2H]c1nc([2H])n(-c2nnc(Br)c([2H])c2[2H])c1[2H]. The molecule has 0 aliphatic carbocycles. The zero-order chi connectivity index (χ0) is 12.7. The predicted molar refractivity (Wildman–Crippen MR) is 46.9 cm³/mol. The molecule has 0 amide bonds. The number of rotatable bonds is 1. The Kier molecular flexibility index (Phi) is 0.920. The number of hydrogen-bond donors (Lipinski definition) is 0. The van der Waals surface area contributed by atoms with Crippen molar-refractivity contribution in [2.75, 3.05) is 0 Å². The van der Waals surface area contributed by atoms with Gasteiger partial charge < -0.3 is 0 Å².